The number of halogens is 1. The molecule has 0 saturated heterocycles. The summed E-state index contributed by atoms with van der Waals surface area (Å²) < 4.78 is 18.3. The Labute approximate surface area is 104 Å². The van der Waals surface area contributed by atoms with Gasteiger partial charge in [-0.2, -0.15) is 0 Å². The van der Waals surface area contributed by atoms with Crippen LogP contribution < -0.4 is 11.1 Å². The molecule has 0 saturated carbocycles. The van der Waals surface area contributed by atoms with E-state index in [-0.39, 0.29) is 16.8 Å². The van der Waals surface area contributed by atoms with Crippen LogP contribution in [0.4, 0.5) is 10.1 Å². The summed E-state index contributed by atoms with van der Waals surface area (Å²) in [4.78, 5) is 22.7. The van der Waals surface area contributed by atoms with Crippen molar-refractivity contribution >= 4 is 17.6 Å². The second-order valence-electron chi connectivity index (χ2n) is 3.73. The van der Waals surface area contributed by atoms with Crippen molar-refractivity contribution in [3.8, 4) is 0 Å². The highest BCUT2D eigenvalue weighted by molar-refractivity contribution is 5.92. The second kappa shape index (κ2) is 6.00. The van der Waals surface area contributed by atoms with Gasteiger partial charge in [0.25, 0.3) is 5.91 Å². The largest absolute Gasteiger partial charge is 0.452 e. The Morgan fingerprint density at radius 3 is 2.72 bits per heavy atom. The van der Waals surface area contributed by atoms with Gasteiger partial charge in [0.1, 0.15) is 5.82 Å². The number of aryl methyl sites for hydroxylation is 1. The van der Waals surface area contributed by atoms with Gasteiger partial charge in [0.15, 0.2) is 6.61 Å². The molecule has 0 aliphatic carbocycles. The molecule has 0 fully saturated rings. The molecule has 0 aliphatic rings. The maximum atomic E-state index is 13.6. The summed E-state index contributed by atoms with van der Waals surface area (Å²) in [5, 5.41) is 2.46. The van der Waals surface area contributed by atoms with Crippen LogP contribution in [-0.2, 0) is 9.53 Å². The van der Waals surface area contributed by atoms with Crippen LogP contribution in [0.15, 0.2) is 12.1 Å². The van der Waals surface area contributed by atoms with E-state index in [0.29, 0.717) is 6.54 Å². The summed E-state index contributed by atoms with van der Waals surface area (Å²) >= 11 is 0. The van der Waals surface area contributed by atoms with E-state index in [1.54, 1.807) is 6.92 Å². The van der Waals surface area contributed by atoms with Gasteiger partial charge in [-0.3, -0.25) is 4.79 Å². The number of anilines is 1. The Bertz CT molecular complexity index is 475. The molecule has 0 aliphatic heterocycles. The zero-order valence-corrected chi connectivity index (χ0v) is 10.2. The minimum Gasteiger partial charge on any atom is -0.452 e. The summed E-state index contributed by atoms with van der Waals surface area (Å²) in [5.74, 6) is -2.04. The van der Waals surface area contributed by atoms with Crippen LogP contribution in [0.3, 0.4) is 0 Å². The molecule has 0 bridgehead atoms. The maximum absolute atomic E-state index is 13.6. The van der Waals surface area contributed by atoms with E-state index in [1.165, 1.54) is 19.1 Å². The minimum atomic E-state index is -0.908. The van der Waals surface area contributed by atoms with Crippen molar-refractivity contribution in [3.05, 3.63) is 29.1 Å². The molecule has 0 heterocycles. The highest BCUT2D eigenvalue weighted by Crippen LogP contribution is 2.17. The van der Waals surface area contributed by atoms with Gasteiger partial charge in [-0.15, -0.1) is 0 Å². The lowest BCUT2D eigenvalue weighted by atomic mass is 10.1. The van der Waals surface area contributed by atoms with E-state index in [9.17, 15) is 14.0 Å². The smallest absolute Gasteiger partial charge is 0.341 e. The zero-order chi connectivity index (χ0) is 13.7. The van der Waals surface area contributed by atoms with Crippen molar-refractivity contribution in [3.63, 3.8) is 0 Å². The topological polar surface area (TPSA) is 81.4 Å². The van der Waals surface area contributed by atoms with Crippen molar-refractivity contribution < 1.29 is 18.7 Å². The molecule has 3 N–H and O–H groups in total. The lowest BCUT2D eigenvalue weighted by Gasteiger charge is -2.08. The fourth-order valence-electron chi connectivity index (χ4n) is 1.40. The molecule has 6 heteroatoms. The number of amides is 1. The molecule has 0 spiro atoms. The fraction of sp³-hybridized carbons (Fsp3) is 0.333. The van der Waals surface area contributed by atoms with Gasteiger partial charge in [0.05, 0.1) is 5.56 Å². The number of likely N-dealkylation sites (N-methyl/N-ethyl adjacent to an activating group) is 1. The lowest BCUT2D eigenvalue weighted by Crippen LogP contribution is -2.28. The Morgan fingerprint density at radius 2 is 2.11 bits per heavy atom. The number of nitrogen functional groups attached to an aromatic ring is 1. The van der Waals surface area contributed by atoms with E-state index >= 15 is 0 Å². The number of carbonyl (C=O) groups excluding carboxylic acids is 2. The number of nitrogens with two attached hydrogens (primary N) is 1. The number of hydrogen-bond donors (Lipinski definition) is 2. The highest BCUT2D eigenvalue weighted by Gasteiger charge is 2.17. The minimum absolute atomic E-state index is 0.250. The highest BCUT2D eigenvalue weighted by atomic mass is 19.1. The van der Waals surface area contributed by atoms with Crippen molar-refractivity contribution in [2.75, 3.05) is 18.9 Å². The van der Waals surface area contributed by atoms with Gasteiger partial charge in [-0.1, -0.05) is 0 Å². The normalized spacial score (nSPS) is 9.94. The molecule has 1 rings (SSSR count). The van der Waals surface area contributed by atoms with Gasteiger partial charge in [-0.25, -0.2) is 9.18 Å². The Balaban J connectivity index is 2.76. The molecule has 1 aromatic carbocycles. The standard InChI is InChI=1S/C12H15FN2O3/c1-3-15-10(16)6-18-12(17)9-5-8(14)4-7(2)11(9)13/h4-5H,3,6,14H2,1-2H3,(H,15,16). The molecule has 1 amide bonds. The Morgan fingerprint density at radius 1 is 1.44 bits per heavy atom. The predicted molar refractivity (Wildman–Crippen MR) is 64.5 cm³/mol. The average molecular weight is 254 g/mol. The first-order valence-corrected chi connectivity index (χ1v) is 5.45. The Kier molecular flexibility index (Phi) is 4.65. The molecule has 0 unspecified atom stereocenters. The number of hydrogen-bond acceptors (Lipinski definition) is 4. The lowest BCUT2D eigenvalue weighted by molar-refractivity contribution is -0.124. The predicted octanol–water partition coefficient (Wildman–Crippen LogP) is 1.01. The van der Waals surface area contributed by atoms with Crippen molar-refractivity contribution in [2.45, 2.75) is 13.8 Å². The number of rotatable bonds is 4. The number of benzene rings is 1. The Hall–Kier alpha value is -2.11. The number of ether oxygens (including phenoxy) is 1. The van der Waals surface area contributed by atoms with Gasteiger partial charge in [0.2, 0.25) is 0 Å². The first-order valence-electron chi connectivity index (χ1n) is 5.45. The van der Waals surface area contributed by atoms with Gasteiger partial charge in [0, 0.05) is 12.2 Å². The third-order valence-electron chi connectivity index (χ3n) is 2.21. The van der Waals surface area contributed by atoms with Crippen molar-refractivity contribution in [1.82, 2.24) is 5.32 Å². The van der Waals surface area contributed by atoms with E-state index in [4.69, 9.17) is 5.73 Å². The van der Waals surface area contributed by atoms with E-state index < -0.39 is 24.3 Å². The number of esters is 1. The first-order chi connectivity index (χ1) is 8.45. The first kappa shape index (κ1) is 14.0. The molecular formula is C12H15FN2O3. The SMILES string of the molecule is CCNC(=O)COC(=O)c1cc(N)cc(C)c1F. The maximum Gasteiger partial charge on any atom is 0.341 e. The van der Waals surface area contributed by atoms with Crippen LogP contribution in [0.25, 0.3) is 0 Å². The van der Waals surface area contributed by atoms with Crippen LogP contribution in [0, 0.1) is 12.7 Å². The summed E-state index contributed by atoms with van der Waals surface area (Å²) in [5.41, 5.74) is 5.76. The van der Waals surface area contributed by atoms with Gasteiger partial charge >= 0.3 is 5.97 Å². The number of carbonyl (C=O) groups is 2. The molecule has 18 heavy (non-hydrogen) atoms. The third kappa shape index (κ3) is 3.44. The van der Waals surface area contributed by atoms with Crippen LogP contribution in [0.5, 0.6) is 0 Å². The molecule has 5 nitrogen and oxygen atoms in total. The van der Waals surface area contributed by atoms with E-state index in [2.05, 4.69) is 10.1 Å². The second-order valence-corrected chi connectivity index (χ2v) is 3.73. The fourth-order valence-corrected chi connectivity index (χ4v) is 1.40. The van der Waals surface area contributed by atoms with E-state index in [1.807, 2.05) is 0 Å². The summed E-state index contributed by atoms with van der Waals surface area (Å²) in [6.45, 7) is 3.22. The number of nitrogens with one attached hydrogen (secondary N) is 1. The van der Waals surface area contributed by atoms with Crippen LogP contribution in [0.2, 0.25) is 0 Å². The molecule has 0 aromatic heterocycles. The van der Waals surface area contributed by atoms with E-state index in [0.717, 1.165) is 0 Å². The molecular weight excluding hydrogens is 239 g/mol. The summed E-state index contributed by atoms with van der Waals surface area (Å²) in [6, 6.07) is 2.60. The van der Waals surface area contributed by atoms with Crippen LogP contribution in [0.1, 0.15) is 22.8 Å². The molecule has 0 radical (unpaired) electrons. The monoisotopic (exact) mass is 254 g/mol. The van der Waals surface area contributed by atoms with Crippen molar-refractivity contribution in [1.29, 1.82) is 0 Å². The van der Waals surface area contributed by atoms with Crippen molar-refractivity contribution in [2.24, 2.45) is 0 Å². The van der Waals surface area contributed by atoms with Crippen LogP contribution >= 0.6 is 0 Å². The summed E-state index contributed by atoms with van der Waals surface area (Å²) in [6.07, 6.45) is 0. The average Bonchev–Trinajstić information content (AvgIpc) is 2.31. The molecule has 0 atom stereocenters. The third-order valence-corrected chi connectivity index (χ3v) is 2.21. The summed E-state index contributed by atoms with van der Waals surface area (Å²) in [7, 11) is 0. The molecule has 1 aromatic rings. The quantitative estimate of drug-likeness (QED) is 0.620. The molecule has 98 valence electrons. The zero-order valence-electron chi connectivity index (χ0n) is 10.2. The van der Waals surface area contributed by atoms with Crippen LogP contribution in [-0.4, -0.2) is 25.0 Å². The van der Waals surface area contributed by atoms with Gasteiger partial charge in [-0.05, 0) is 31.5 Å². The van der Waals surface area contributed by atoms with Gasteiger partial charge < -0.3 is 15.8 Å².